The van der Waals surface area contributed by atoms with E-state index in [0.29, 0.717) is 23.6 Å². The summed E-state index contributed by atoms with van der Waals surface area (Å²) in [7, 11) is 0. The number of aryl methyl sites for hydroxylation is 1. The van der Waals surface area contributed by atoms with Gasteiger partial charge in [0.2, 0.25) is 0 Å². The summed E-state index contributed by atoms with van der Waals surface area (Å²) < 4.78 is 5.46. The molecule has 1 amide bonds. The van der Waals surface area contributed by atoms with Gasteiger partial charge in [0.1, 0.15) is 5.69 Å². The van der Waals surface area contributed by atoms with E-state index in [2.05, 4.69) is 10.3 Å². The number of fused-ring (bicyclic) bond motifs is 1. The molecule has 1 N–H and O–H groups in total. The van der Waals surface area contributed by atoms with E-state index >= 15 is 0 Å². The highest BCUT2D eigenvalue weighted by Crippen LogP contribution is 2.26. The number of carbonyl (C=O) groups is 1. The van der Waals surface area contributed by atoms with Gasteiger partial charge in [0.15, 0.2) is 5.76 Å². The number of benzene rings is 2. The van der Waals surface area contributed by atoms with Gasteiger partial charge in [-0.2, -0.15) is 0 Å². The lowest BCUT2D eigenvalue weighted by Crippen LogP contribution is -2.23. The highest BCUT2D eigenvalue weighted by atomic mass is 16.3. The van der Waals surface area contributed by atoms with Crippen LogP contribution in [-0.4, -0.2) is 10.9 Å². The van der Waals surface area contributed by atoms with Crippen LogP contribution in [0.4, 0.5) is 0 Å². The predicted octanol–water partition coefficient (Wildman–Crippen LogP) is 4.73. The van der Waals surface area contributed by atoms with Crippen LogP contribution in [0.15, 0.2) is 77.4 Å². The molecule has 0 saturated heterocycles. The van der Waals surface area contributed by atoms with Gasteiger partial charge in [0.25, 0.3) is 5.91 Å². The summed E-state index contributed by atoms with van der Waals surface area (Å²) in [5, 5.41) is 3.84. The summed E-state index contributed by atoms with van der Waals surface area (Å²) in [5.41, 5.74) is 4.16. The molecule has 2 aromatic carbocycles. The van der Waals surface area contributed by atoms with Crippen molar-refractivity contribution in [1.82, 2.24) is 10.3 Å². The normalized spacial score (nSPS) is 10.8. The largest absolute Gasteiger partial charge is 0.463 e. The molecule has 0 unspecified atom stereocenters. The number of hydrogen-bond donors (Lipinski definition) is 1. The van der Waals surface area contributed by atoms with Crippen molar-refractivity contribution >= 4 is 16.8 Å². The van der Waals surface area contributed by atoms with Gasteiger partial charge < -0.3 is 9.73 Å². The number of rotatable bonds is 4. The van der Waals surface area contributed by atoms with Crippen molar-refractivity contribution in [2.75, 3.05) is 0 Å². The molecule has 128 valence electrons. The van der Waals surface area contributed by atoms with Crippen LogP contribution in [0.25, 0.3) is 22.4 Å². The van der Waals surface area contributed by atoms with E-state index < -0.39 is 0 Å². The third kappa shape index (κ3) is 3.22. The van der Waals surface area contributed by atoms with Crippen LogP contribution in [0, 0.1) is 6.92 Å². The molecule has 26 heavy (non-hydrogen) atoms. The van der Waals surface area contributed by atoms with E-state index in [1.54, 1.807) is 12.3 Å². The fourth-order valence-electron chi connectivity index (χ4n) is 2.95. The molecule has 0 bridgehead atoms. The fourth-order valence-corrected chi connectivity index (χ4v) is 2.95. The third-order valence-electron chi connectivity index (χ3n) is 4.28. The second-order valence-corrected chi connectivity index (χ2v) is 6.22. The molecule has 0 atom stereocenters. The highest BCUT2D eigenvalue weighted by Gasteiger charge is 2.15. The maximum absolute atomic E-state index is 12.9. The number of nitrogens with zero attached hydrogens (tertiary/aromatic N) is 1. The minimum absolute atomic E-state index is 0.125. The number of carbonyl (C=O) groups excluding carboxylic acids is 1. The molecule has 0 aliphatic carbocycles. The summed E-state index contributed by atoms with van der Waals surface area (Å²) in [5.74, 6) is 0.518. The number of pyridine rings is 1. The quantitative estimate of drug-likeness (QED) is 0.583. The molecule has 4 nitrogen and oxygen atoms in total. The van der Waals surface area contributed by atoms with Crippen LogP contribution < -0.4 is 5.32 Å². The Balaban J connectivity index is 1.74. The molecular formula is C22H18N2O2. The molecule has 0 radical (unpaired) electrons. The minimum Gasteiger partial charge on any atom is -0.463 e. The highest BCUT2D eigenvalue weighted by molar-refractivity contribution is 6.07. The van der Waals surface area contributed by atoms with Gasteiger partial charge in [0.05, 0.1) is 17.3 Å². The molecule has 4 aromatic rings. The number of amides is 1. The van der Waals surface area contributed by atoms with Crippen molar-refractivity contribution in [1.29, 1.82) is 0 Å². The third-order valence-corrected chi connectivity index (χ3v) is 4.28. The van der Waals surface area contributed by atoms with Crippen molar-refractivity contribution < 1.29 is 9.21 Å². The van der Waals surface area contributed by atoms with E-state index in [1.807, 2.05) is 67.6 Å². The molecule has 0 fully saturated rings. The van der Waals surface area contributed by atoms with Gasteiger partial charge in [-0.3, -0.25) is 4.79 Å². The van der Waals surface area contributed by atoms with Crippen LogP contribution in [0.3, 0.4) is 0 Å². The zero-order valence-corrected chi connectivity index (χ0v) is 14.4. The lowest BCUT2D eigenvalue weighted by molar-refractivity contribution is 0.0952. The molecule has 0 spiro atoms. The van der Waals surface area contributed by atoms with Crippen molar-refractivity contribution in [3.8, 4) is 11.5 Å². The molecule has 4 rings (SSSR count). The SMILES string of the molecule is Cc1ccc2nc(-c3ccco3)cc(C(=O)NCc3ccccc3)c2c1. The Morgan fingerprint density at radius 2 is 1.88 bits per heavy atom. The topological polar surface area (TPSA) is 55.1 Å². The lowest BCUT2D eigenvalue weighted by Gasteiger charge is -2.10. The molecular weight excluding hydrogens is 324 g/mol. The predicted molar refractivity (Wildman–Crippen MR) is 102 cm³/mol. The van der Waals surface area contributed by atoms with Crippen LogP contribution >= 0.6 is 0 Å². The molecule has 2 heterocycles. The van der Waals surface area contributed by atoms with E-state index in [4.69, 9.17) is 4.42 Å². The van der Waals surface area contributed by atoms with Gasteiger partial charge in [-0.15, -0.1) is 0 Å². The van der Waals surface area contributed by atoms with Crippen LogP contribution in [0.1, 0.15) is 21.5 Å². The monoisotopic (exact) mass is 342 g/mol. The van der Waals surface area contributed by atoms with Gasteiger partial charge in [-0.1, -0.05) is 42.0 Å². The zero-order valence-electron chi connectivity index (χ0n) is 14.4. The van der Waals surface area contributed by atoms with E-state index in [-0.39, 0.29) is 5.91 Å². The maximum Gasteiger partial charge on any atom is 0.252 e. The smallest absolute Gasteiger partial charge is 0.252 e. The molecule has 0 aliphatic heterocycles. The molecule has 0 aliphatic rings. The molecule has 0 saturated carbocycles. The first-order chi connectivity index (χ1) is 12.7. The summed E-state index contributed by atoms with van der Waals surface area (Å²) in [6.45, 7) is 2.48. The zero-order chi connectivity index (χ0) is 17.9. The Morgan fingerprint density at radius 3 is 2.65 bits per heavy atom. The van der Waals surface area contributed by atoms with Crippen molar-refractivity contribution in [3.63, 3.8) is 0 Å². The fraction of sp³-hybridized carbons (Fsp3) is 0.0909. The Kier molecular flexibility index (Phi) is 4.23. The first-order valence-corrected chi connectivity index (χ1v) is 8.48. The van der Waals surface area contributed by atoms with Gasteiger partial charge in [0, 0.05) is 11.9 Å². The van der Waals surface area contributed by atoms with E-state index in [1.165, 1.54) is 0 Å². The summed E-state index contributed by atoms with van der Waals surface area (Å²) in [6.07, 6.45) is 1.60. The first-order valence-electron chi connectivity index (χ1n) is 8.48. The summed E-state index contributed by atoms with van der Waals surface area (Å²) in [4.78, 5) is 17.5. The standard InChI is InChI=1S/C22H18N2O2/c1-15-9-10-19-17(12-15)18(13-20(24-19)21-8-5-11-26-21)22(25)23-14-16-6-3-2-4-7-16/h2-13H,14H2,1H3,(H,23,25). The average molecular weight is 342 g/mol. The lowest BCUT2D eigenvalue weighted by atomic mass is 10.0. The maximum atomic E-state index is 12.9. The van der Waals surface area contributed by atoms with Crippen molar-refractivity contribution in [2.45, 2.75) is 13.5 Å². The van der Waals surface area contributed by atoms with Gasteiger partial charge >= 0.3 is 0 Å². The Bertz CT molecular complexity index is 1050. The Labute approximate surface area is 151 Å². The number of hydrogen-bond acceptors (Lipinski definition) is 3. The minimum atomic E-state index is -0.125. The average Bonchev–Trinajstić information content (AvgIpc) is 3.21. The van der Waals surface area contributed by atoms with Crippen LogP contribution in [0.2, 0.25) is 0 Å². The van der Waals surface area contributed by atoms with Crippen molar-refractivity contribution in [2.24, 2.45) is 0 Å². The first kappa shape index (κ1) is 16.1. The van der Waals surface area contributed by atoms with Crippen LogP contribution in [0.5, 0.6) is 0 Å². The van der Waals surface area contributed by atoms with Gasteiger partial charge in [-0.05, 0) is 42.8 Å². The summed E-state index contributed by atoms with van der Waals surface area (Å²) in [6, 6.07) is 21.2. The number of nitrogens with one attached hydrogen (secondary N) is 1. The summed E-state index contributed by atoms with van der Waals surface area (Å²) >= 11 is 0. The molecule has 4 heteroatoms. The Morgan fingerprint density at radius 1 is 1.04 bits per heavy atom. The molecule has 2 aromatic heterocycles. The number of furan rings is 1. The van der Waals surface area contributed by atoms with E-state index in [0.717, 1.165) is 22.0 Å². The second kappa shape index (κ2) is 6.84. The van der Waals surface area contributed by atoms with E-state index in [9.17, 15) is 4.79 Å². The number of aromatic nitrogens is 1. The second-order valence-electron chi connectivity index (χ2n) is 6.22. The van der Waals surface area contributed by atoms with Gasteiger partial charge in [-0.25, -0.2) is 4.98 Å². The Hall–Kier alpha value is -3.40. The van der Waals surface area contributed by atoms with Crippen LogP contribution in [-0.2, 0) is 6.54 Å². The van der Waals surface area contributed by atoms with Crippen molar-refractivity contribution in [3.05, 3.63) is 89.7 Å².